The van der Waals surface area contributed by atoms with Crippen LogP contribution in [-0.4, -0.2) is 29.0 Å². The van der Waals surface area contributed by atoms with Crippen LogP contribution in [0.2, 0.25) is 5.02 Å². The van der Waals surface area contributed by atoms with E-state index in [9.17, 15) is 18.4 Å². The summed E-state index contributed by atoms with van der Waals surface area (Å²) in [6.45, 7) is 1.16. The average molecular weight is 411 g/mol. The van der Waals surface area contributed by atoms with E-state index in [1.807, 2.05) is 6.07 Å². The van der Waals surface area contributed by atoms with E-state index < -0.39 is 11.7 Å². The second-order valence-electron chi connectivity index (χ2n) is 6.07. The third-order valence-electron chi connectivity index (χ3n) is 4.16. The van der Waals surface area contributed by atoms with Crippen molar-refractivity contribution in [3.8, 4) is 0 Å². The van der Waals surface area contributed by atoms with E-state index >= 15 is 0 Å². The van der Waals surface area contributed by atoms with Gasteiger partial charge in [-0.1, -0.05) is 41.6 Å². The molecule has 0 bridgehead atoms. The monoisotopic (exact) mass is 410 g/mol. The third-order valence-corrected chi connectivity index (χ3v) is 5.44. The van der Waals surface area contributed by atoms with Crippen molar-refractivity contribution in [1.82, 2.24) is 4.90 Å². The lowest BCUT2D eigenvalue weighted by molar-refractivity contribution is -0.128. The van der Waals surface area contributed by atoms with E-state index in [2.05, 4.69) is 5.32 Å². The normalized spacial score (nSPS) is 14.1. The van der Waals surface area contributed by atoms with Gasteiger partial charge >= 0.3 is 0 Å². The number of thioether (sulfide) groups is 1. The topological polar surface area (TPSA) is 49.4 Å². The lowest BCUT2D eigenvalue weighted by Gasteiger charge is -2.16. The number of nitrogens with zero attached hydrogens (tertiary/aromatic N) is 1. The maximum atomic E-state index is 12.8. The number of carbonyl (C=O) groups excluding carboxylic acids is 2. The maximum Gasteiger partial charge on any atom is 0.289 e. The minimum absolute atomic E-state index is 0.109. The summed E-state index contributed by atoms with van der Waals surface area (Å²) in [5, 5.41) is 2.80. The molecule has 2 amide bonds. The Labute approximate surface area is 164 Å². The molecule has 1 N–H and O–H groups in total. The van der Waals surface area contributed by atoms with Gasteiger partial charge in [-0.05, 0) is 36.2 Å². The lowest BCUT2D eigenvalue weighted by atomic mass is 10.1. The van der Waals surface area contributed by atoms with Crippen LogP contribution in [0.3, 0.4) is 0 Å². The summed E-state index contributed by atoms with van der Waals surface area (Å²) in [5.41, 5.74) is 1.45. The van der Waals surface area contributed by atoms with Crippen molar-refractivity contribution in [3.05, 3.63) is 58.6 Å². The number of benzene rings is 2. The van der Waals surface area contributed by atoms with Gasteiger partial charge in [-0.15, -0.1) is 0 Å². The fourth-order valence-corrected chi connectivity index (χ4v) is 3.83. The Morgan fingerprint density at radius 1 is 1.26 bits per heavy atom. The van der Waals surface area contributed by atoms with Gasteiger partial charge in [-0.3, -0.25) is 9.59 Å². The molecular weight excluding hydrogens is 394 g/mol. The summed E-state index contributed by atoms with van der Waals surface area (Å²) in [6.07, 6.45) is 1.40. The van der Waals surface area contributed by atoms with Gasteiger partial charge in [-0.2, -0.15) is 8.78 Å². The summed E-state index contributed by atoms with van der Waals surface area (Å²) in [4.78, 5) is 26.2. The van der Waals surface area contributed by atoms with Crippen molar-refractivity contribution in [2.24, 2.45) is 0 Å². The number of hydrogen-bond donors (Lipinski definition) is 1. The molecule has 1 heterocycles. The first-order chi connectivity index (χ1) is 12.9. The van der Waals surface area contributed by atoms with Gasteiger partial charge in [0.1, 0.15) is 0 Å². The molecule has 1 fully saturated rings. The fourth-order valence-electron chi connectivity index (χ4n) is 2.91. The molecule has 2 aromatic carbocycles. The smallest absolute Gasteiger partial charge is 0.289 e. The minimum Gasteiger partial charge on any atom is -0.338 e. The first-order valence-electron chi connectivity index (χ1n) is 8.35. The second kappa shape index (κ2) is 8.71. The number of likely N-dealkylation sites (tertiary alicyclic amines) is 1. The van der Waals surface area contributed by atoms with Crippen LogP contribution in [0.1, 0.15) is 28.8 Å². The van der Waals surface area contributed by atoms with Gasteiger partial charge in [0.2, 0.25) is 5.91 Å². The molecule has 0 unspecified atom stereocenters. The van der Waals surface area contributed by atoms with E-state index in [-0.39, 0.29) is 33.3 Å². The van der Waals surface area contributed by atoms with Crippen molar-refractivity contribution in [2.75, 3.05) is 11.9 Å². The zero-order valence-electron chi connectivity index (χ0n) is 14.3. The highest BCUT2D eigenvalue weighted by atomic mass is 35.5. The zero-order valence-corrected chi connectivity index (χ0v) is 15.8. The number of hydrogen-bond acceptors (Lipinski definition) is 3. The van der Waals surface area contributed by atoms with Crippen molar-refractivity contribution in [2.45, 2.75) is 30.0 Å². The molecule has 0 spiro atoms. The summed E-state index contributed by atoms with van der Waals surface area (Å²) < 4.78 is 25.6. The van der Waals surface area contributed by atoms with Crippen LogP contribution >= 0.6 is 23.4 Å². The molecule has 3 rings (SSSR count). The molecule has 1 aliphatic heterocycles. The molecule has 4 nitrogen and oxygen atoms in total. The van der Waals surface area contributed by atoms with E-state index in [0.717, 1.165) is 12.0 Å². The predicted octanol–water partition coefficient (Wildman–Crippen LogP) is 5.03. The molecule has 0 aliphatic carbocycles. The summed E-state index contributed by atoms with van der Waals surface area (Å²) >= 11 is 6.28. The molecular formula is C19H17ClF2N2O2S. The number of nitrogens with one attached hydrogen (secondary N) is 1. The Morgan fingerprint density at radius 3 is 2.74 bits per heavy atom. The molecule has 2 aromatic rings. The van der Waals surface area contributed by atoms with Gasteiger partial charge in [0.05, 0.1) is 15.6 Å². The molecule has 0 atom stereocenters. The van der Waals surface area contributed by atoms with Crippen molar-refractivity contribution >= 4 is 40.9 Å². The summed E-state index contributed by atoms with van der Waals surface area (Å²) in [5.74, 6) is -2.97. The number of carbonyl (C=O) groups is 2. The Hall–Kier alpha value is -2.12. The number of amides is 2. The molecule has 27 heavy (non-hydrogen) atoms. The minimum atomic E-state index is -2.65. The highest BCUT2D eigenvalue weighted by Crippen LogP contribution is 2.37. The van der Waals surface area contributed by atoms with E-state index in [0.29, 0.717) is 25.1 Å². The first-order valence-corrected chi connectivity index (χ1v) is 9.61. The number of rotatable bonds is 6. The van der Waals surface area contributed by atoms with Gasteiger partial charge in [0.15, 0.2) is 0 Å². The maximum absolute atomic E-state index is 12.8. The van der Waals surface area contributed by atoms with Gasteiger partial charge in [0, 0.05) is 25.1 Å². The summed E-state index contributed by atoms with van der Waals surface area (Å²) in [7, 11) is 0. The lowest BCUT2D eigenvalue weighted by Crippen LogP contribution is -2.24. The second-order valence-corrected chi connectivity index (χ2v) is 7.48. The fraction of sp³-hybridized carbons (Fsp3) is 0.263. The SMILES string of the molecule is O=C(Nc1cccc(Cl)c1SC(F)F)c1cccc(CN2CCCC2=O)c1. The van der Waals surface area contributed by atoms with E-state index in [1.54, 1.807) is 29.2 Å². The van der Waals surface area contributed by atoms with Crippen LogP contribution in [0.4, 0.5) is 14.5 Å². The van der Waals surface area contributed by atoms with Crippen LogP contribution in [0.15, 0.2) is 47.4 Å². The molecule has 142 valence electrons. The largest absolute Gasteiger partial charge is 0.338 e. The summed E-state index contributed by atoms with van der Waals surface area (Å²) in [6, 6.07) is 11.5. The highest BCUT2D eigenvalue weighted by molar-refractivity contribution is 7.99. The van der Waals surface area contributed by atoms with Crippen LogP contribution in [0.25, 0.3) is 0 Å². The van der Waals surface area contributed by atoms with Crippen LogP contribution < -0.4 is 5.32 Å². The van der Waals surface area contributed by atoms with Gasteiger partial charge < -0.3 is 10.2 Å². The Bertz CT molecular complexity index is 863. The third kappa shape index (κ3) is 4.99. The van der Waals surface area contributed by atoms with Crippen molar-refractivity contribution < 1.29 is 18.4 Å². The number of anilines is 1. The first kappa shape index (κ1) is 19.6. The molecule has 8 heteroatoms. The molecule has 1 aliphatic rings. The van der Waals surface area contributed by atoms with Crippen LogP contribution in [0.5, 0.6) is 0 Å². The van der Waals surface area contributed by atoms with Gasteiger partial charge in [-0.25, -0.2) is 0 Å². The standard InChI is InChI=1S/C19H17ClF2N2O2S/c20-14-6-2-7-15(17(14)27-19(21)22)23-18(26)13-5-1-4-12(10-13)11-24-9-3-8-16(24)25/h1-2,4-7,10,19H,3,8-9,11H2,(H,23,26). The highest BCUT2D eigenvalue weighted by Gasteiger charge is 2.21. The van der Waals surface area contributed by atoms with Crippen LogP contribution in [0, 0.1) is 0 Å². The Morgan fingerprint density at radius 2 is 2.04 bits per heavy atom. The molecule has 1 saturated heterocycles. The average Bonchev–Trinajstić information content (AvgIpc) is 3.02. The van der Waals surface area contributed by atoms with Crippen molar-refractivity contribution in [3.63, 3.8) is 0 Å². The Balaban J connectivity index is 1.76. The van der Waals surface area contributed by atoms with Gasteiger partial charge in [0.25, 0.3) is 11.7 Å². The van der Waals surface area contributed by atoms with E-state index in [4.69, 9.17) is 11.6 Å². The molecule has 0 saturated carbocycles. The van der Waals surface area contributed by atoms with Crippen LogP contribution in [-0.2, 0) is 11.3 Å². The molecule has 0 radical (unpaired) electrons. The van der Waals surface area contributed by atoms with E-state index in [1.165, 1.54) is 12.1 Å². The van der Waals surface area contributed by atoms with Crippen molar-refractivity contribution in [1.29, 1.82) is 0 Å². The zero-order chi connectivity index (χ0) is 19.4. The quantitative estimate of drug-likeness (QED) is 0.679. The Kier molecular flexibility index (Phi) is 6.34. The number of alkyl halides is 2. The molecule has 0 aromatic heterocycles. The predicted molar refractivity (Wildman–Crippen MR) is 102 cm³/mol. The number of halogens is 3.